The van der Waals surface area contributed by atoms with Gasteiger partial charge in [-0.15, -0.1) is 0 Å². The summed E-state index contributed by atoms with van der Waals surface area (Å²) in [4.78, 5) is 4.45. The summed E-state index contributed by atoms with van der Waals surface area (Å²) in [6.07, 6.45) is 19.9. The molecule has 0 atom stereocenters. The molecule has 0 bridgehead atoms. The molecule has 2 heteroatoms. The Morgan fingerprint density at radius 2 is 1.90 bits per heavy atom. The lowest BCUT2D eigenvalue weighted by molar-refractivity contribution is 0.620. The Bertz CT molecular complexity index is 434. The molecule has 21 heavy (non-hydrogen) atoms. The van der Waals surface area contributed by atoms with Crippen LogP contribution in [0.3, 0.4) is 0 Å². The molecule has 0 unspecified atom stereocenters. The van der Waals surface area contributed by atoms with Gasteiger partial charge in [-0.05, 0) is 26.2 Å². The number of nitrogens with zero attached hydrogens (tertiary/aromatic N) is 1. The van der Waals surface area contributed by atoms with Crippen LogP contribution in [0.2, 0.25) is 0 Å². The Morgan fingerprint density at radius 3 is 2.52 bits per heavy atom. The largest absolute Gasteiger partial charge is 0.261 e. The van der Waals surface area contributed by atoms with Gasteiger partial charge in [0.15, 0.2) is 0 Å². The normalized spacial score (nSPS) is 17.6. The van der Waals surface area contributed by atoms with E-state index in [1.165, 1.54) is 0 Å². The van der Waals surface area contributed by atoms with Crippen molar-refractivity contribution in [2.75, 3.05) is 6.26 Å². The molecule has 1 aliphatic heterocycles. The molecule has 0 aromatic rings. The number of allylic oxidation sites excluding steroid dienone is 6. The van der Waals surface area contributed by atoms with E-state index >= 15 is 0 Å². The summed E-state index contributed by atoms with van der Waals surface area (Å²) in [5.74, 6) is 0. The lowest BCUT2D eigenvalue weighted by atomic mass is 9.92. The van der Waals surface area contributed by atoms with Gasteiger partial charge in [0.1, 0.15) is 0 Å². The molecule has 1 nitrogen and oxygen atoms in total. The van der Waals surface area contributed by atoms with Crippen molar-refractivity contribution in [1.29, 1.82) is 0 Å². The third-order valence-electron chi connectivity index (χ3n) is 2.99. The smallest absolute Gasteiger partial charge is 0.0410 e. The van der Waals surface area contributed by atoms with E-state index < -0.39 is 0 Å². The highest BCUT2D eigenvalue weighted by Gasteiger charge is 2.12. The van der Waals surface area contributed by atoms with E-state index in [1.807, 2.05) is 37.9 Å². The molecule has 0 aromatic carbocycles. The first-order valence-electron chi connectivity index (χ1n) is 7.68. The van der Waals surface area contributed by atoms with E-state index in [0.29, 0.717) is 0 Å². The highest BCUT2D eigenvalue weighted by atomic mass is 32.2. The monoisotopic (exact) mass is 305 g/mol. The Kier molecular flexibility index (Phi) is 9.36. The fourth-order valence-electron chi connectivity index (χ4n) is 1.68. The van der Waals surface area contributed by atoms with Gasteiger partial charge in [0.2, 0.25) is 0 Å². The van der Waals surface area contributed by atoms with Gasteiger partial charge in [-0.3, -0.25) is 4.99 Å². The number of thioether (sulfide) groups is 1. The summed E-state index contributed by atoms with van der Waals surface area (Å²) in [7, 11) is 0. The average molecular weight is 306 g/mol. The number of rotatable bonds is 5. The molecule has 0 spiro atoms. The van der Waals surface area contributed by atoms with Crippen molar-refractivity contribution in [3.05, 3.63) is 48.2 Å². The van der Waals surface area contributed by atoms with Crippen LogP contribution in [0.25, 0.3) is 0 Å². The summed E-state index contributed by atoms with van der Waals surface area (Å²) < 4.78 is 0.204. The molecule has 118 valence electrons. The van der Waals surface area contributed by atoms with Crippen molar-refractivity contribution in [2.24, 2.45) is 10.4 Å². The van der Waals surface area contributed by atoms with E-state index in [4.69, 9.17) is 0 Å². The van der Waals surface area contributed by atoms with Gasteiger partial charge in [0.25, 0.3) is 0 Å². The van der Waals surface area contributed by atoms with Gasteiger partial charge in [0.05, 0.1) is 0 Å². The van der Waals surface area contributed by atoms with Crippen molar-refractivity contribution in [1.82, 2.24) is 0 Å². The highest BCUT2D eigenvalue weighted by molar-refractivity contribution is 8.00. The van der Waals surface area contributed by atoms with Crippen LogP contribution in [-0.4, -0.2) is 17.2 Å². The Balaban J connectivity index is 0.00000191. The highest BCUT2D eigenvalue weighted by Crippen LogP contribution is 2.25. The van der Waals surface area contributed by atoms with Gasteiger partial charge in [-0.25, -0.2) is 0 Å². The second-order valence-corrected chi connectivity index (χ2v) is 7.35. The van der Waals surface area contributed by atoms with Crippen LogP contribution in [0.15, 0.2) is 53.2 Å². The summed E-state index contributed by atoms with van der Waals surface area (Å²) in [6, 6.07) is 0. The maximum Gasteiger partial charge on any atom is 0.0410 e. The zero-order chi connectivity index (χ0) is 16.4. The summed E-state index contributed by atoms with van der Waals surface area (Å²) >= 11 is 1.85. The number of hydrogen-bond acceptors (Lipinski definition) is 2. The van der Waals surface area contributed by atoms with E-state index in [-0.39, 0.29) is 10.2 Å². The Hall–Kier alpha value is -1.02. The average Bonchev–Trinajstić information content (AvgIpc) is 2.61. The minimum atomic E-state index is 0.0936. The third-order valence-corrected chi connectivity index (χ3v) is 4.18. The first-order valence-corrected chi connectivity index (χ1v) is 8.90. The maximum atomic E-state index is 4.45. The molecule has 0 saturated heterocycles. The van der Waals surface area contributed by atoms with E-state index in [0.717, 1.165) is 12.1 Å². The topological polar surface area (TPSA) is 12.4 Å². The van der Waals surface area contributed by atoms with Crippen LogP contribution < -0.4 is 0 Å². The quantitative estimate of drug-likeness (QED) is 0.550. The first kappa shape index (κ1) is 20.0. The minimum absolute atomic E-state index is 0.0936. The Labute approximate surface area is 136 Å². The minimum Gasteiger partial charge on any atom is -0.261 e. The van der Waals surface area contributed by atoms with Crippen LogP contribution in [-0.2, 0) is 0 Å². The molecule has 0 fully saturated rings. The van der Waals surface area contributed by atoms with Crippen molar-refractivity contribution in [3.8, 4) is 0 Å². The molecule has 1 heterocycles. The predicted molar refractivity (Wildman–Crippen MR) is 101 cm³/mol. The third kappa shape index (κ3) is 9.52. The van der Waals surface area contributed by atoms with Crippen molar-refractivity contribution < 1.29 is 0 Å². The second-order valence-electron chi connectivity index (χ2n) is 5.89. The van der Waals surface area contributed by atoms with Crippen LogP contribution in [0.4, 0.5) is 0 Å². The summed E-state index contributed by atoms with van der Waals surface area (Å²) in [5.41, 5.74) is 1.22. The van der Waals surface area contributed by atoms with E-state index in [2.05, 4.69) is 75.4 Å². The number of aliphatic imine (C=N–C) groups is 1. The lowest BCUT2D eigenvalue weighted by Crippen LogP contribution is -2.08. The summed E-state index contributed by atoms with van der Waals surface area (Å²) in [5, 5.41) is 0. The van der Waals surface area contributed by atoms with Crippen molar-refractivity contribution >= 4 is 18.0 Å². The molecule has 1 rings (SSSR count). The Morgan fingerprint density at radius 1 is 1.24 bits per heavy atom. The summed E-state index contributed by atoms with van der Waals surface area (Å²) in [6.45, 7) is 12.8. The molecular formula is C19H31NS. The van der Waals surface area contributed by atoms with Crippen molar-refractivity contribution in [2.45, 2.75) is 52.7 Å². The predicted octanol–water partition coefficient (Wildman–Crippen LogP) is 6.21. The van der Waals surface area contributed by atoms with E-state index in [9.17, 15) is 0 Å². The number of hydrogen-bond donors (Lipinski definition) is 0. The standard InChI is InChI=1S/C17H25NS.C2H6/c1-16(2)11-9-13-18-15(14-16)10-7-6-8-12-17(3,4)19-5;1-2/h6-9,11-14H,10H2,1-5H3;1-2H3/b7-6-,12-8-;. The lowest BCUT2D eigenvalue weighted by Gasteiger charge is -2.15. The van der Waals surface area contributed by atoms with Gasteiger partial charge in [-0.1, -0.05) is 64.2 Å². The van der Waals surface area contributed by atoms with Crippen LogP contribution >= 0.6 is 11.8 Å². The molecule has 0 N–H and O–H groups in total. The van der Waals surface area contributed by atoms with Crippen LogP contribution in [0, 0.1) is 5.41 Å². The van der Waals surface area contributed by atoms with Gasteiger partial charge >= 0.3 is 0 Å². The zero-order valence-corrected chi connectivity index (χ0v) is 15.5. The zero-order valence-electron chi connectivity index (χ0n) is 14.7. The van der Waals surface area contributed by atoms with Gasteiger partial charge in [-0.2, -0.15) is 11.8 Å². The molecule has 0 saturated carbocycles. The SMILES string of the molecule is CC.CSC(C)(C)/C=C\C=C/CC1=CC(C)(C)C=CC=N1. The molecule has 0 amide bonds. The van der Waals surface area contributed by atoms with Crippen LogP contribution in [0.5, 0.6) is 0 Å². The molecular weight excluding hydrogens is 274 g/mol. The molecule has 0 radical (unpaired) electrons. The van der Waals surface area contributed by atoms with E-state index in [1.54, 1.807) is 0 Å². The van der Waals surface area contributed by atoms with Crippen molar-refractivity contribution in [3.63, 3.8) is 0 Å². The molecule has 0 aromatic heterocycles. The fourth-order valence-corrected chi connectivity index (χ4v) is 1.89. The first-order chi connectivity index (χ1) is 9.85. The molecule has 0 aliphatic carbocycles. The second kappa shape index (κ2) is 9.83. The fraction of sp³-hybridized carbons (Fsp3) is 0.526. The van der Waals surface area contributed by atoms with Crippen LogP contribution in [0.1, 0.15) is 48.0 Å². The maximum absolute atomic E-state index is 4.45. The van der Waals surface area contributed by atoms with Gasteiger partial charge in [0, 0.05) is 28.5 Å². The molecule has 1 aliphatic rings. The van der Waals surface area contributed by atoms with Gasteiger partial charge < -0.3 is 0 Å².